The Kier molecular flexibility index (Phi) is 3.76. The van der Waals surface area contributed by atoms with Crippen LogP contribution in [-0.4, -0.2) is 17.7 Å². The van der Waals surface area contributed by atoms with E-state index < -0.39 is 0 Å². The summed E-state index contributed by atoms with van der Waals surface area (Å²) in [4.78, 5) is 12.1. The molecule has 1 fully saturated rings. The zero-order chi connectivity index (χ0) is 11.5. The average molecular weight is 301 g/mol. The fraction of sp³-hybridized carbons (Fsp3) is 0.364. The van der Waals surface area contributed by atoms with Crippen molar-refractivity contribution in [3.05, 3.63) is 22.7 Å². The number of rotatable bonds is 3. The molecule has 0 aliphatic carbocycles. The van der Waals surface area contributed by atoms with E-state index in [1.54, 1.807) is 11.8 Å². The van der Waals surface area contributed by atoms with E-state index in [-0.39, 0.29) is 5.91 Å². The van der Waals surface area contributed by atoms with Gasteiger partial charge in [0.25, 0.3) is 0 Å². The first-order valence-corrected chi connectivity index (χ1v) is 6.90. The first kappa shape index (κ1) is 11.8. The highest BCUT2D eigenvalue weighted by Gasteiger charge is 2.20. The number of nitrogen functional groups attached to an aromatic ring is 1. The molecule has 1 aromatic rings. The van der Waals surface area contributed by atoms with Gasteiger partial charge in [-0.25, -0.2) is 0 Å². The topological polar surface area (TPSA) is 55.1 Å². The van der Waals surface area contributed by atoms with Crippen molar-refractivity contribution in [3.63, 3.8) is 0 Å². The molecule has 0 bridgehead atoms. The fourth-order valence-electron chi connectivity index (χ4n) is 1.64. The molecule has 0 spiro atoms. The zero-order valence-corrected chi connectivity index (χ0v) is 11.1. The number of carbonyl (C=O) groups is 1. The summed E-state index contributed by atoms with van der Waals surface area (Å²) in [6.45, 7) is 0. The molecule has 3 nitrogen and oxygen atoms in total. The maximum Gasteiger partial charge on any atom is 0.220 e. The van der Waals surface area contributed by atoms with Gasteiger partial charge in [0.2, 0.25) is 5.91 Å². The van der Waals surface area contributed by atoms with Crippen LogP contribution in [0.3, 0.4) is 0 Å². The smallest absolute Gasteiger partial charge is 0.220 e. The number of hydrogen-bond acceptors (Lipinski definition) is 3. The minimum atomic E-state index is 0.161. The molecular formula is C11H13BrN2OS. The van der Waals surface area contributed by atoms with Gasteiger partial charge in [-0.3, -0.25) is 4.79 Å². The van der Waals surface area contributed by atoms with E-state index in [4.69, 9.17) is 5.73 Å². The van der Waals surface area contributed by atoms with Gasteiger partial charge in [-0.15, -0.1) is 11.8 Å². The largest absolute Gasteiger partial charge is 0.398 e. The molecule has 1 aliphatic heterocycles. The molecule has 1 aliphatic rings. The standard InChI is InChI=1S/C11H13BrN2OS/c12-7-1-3-10(9(13)5-7)16-6-8-2-4-11(15)14-8/h1,3,5,8H,2,4,6,13H2,(H,14,15). The number of hydrogen-bond donors (Lipinski definition) is 2. The summed E-state index contributed by atoms with van der Waals surface area (Å²) in [5.74, 6) is 1.05. The van der Waals surface area contributed by atoms with Crippen LogP contribution in [0.4, 0.5) is 5.69 Å². The number of thioether (sulfide) groups is 1. The van der Waals surface area contributed by atoms with E-state index in [2.05, 4.69) is 21.2 Å². The summed E-state index contributed by atoms with van der Waals surface area (Å²) < 4.78 is 0.989. The molecule has 1 atom stereocenters. The lowest BCUT2D eigenvalue weighted by molar-refractivity contribution is -0.119. The second-order valence-corrected chi connectivity index (χ2v) is 5.77. The van der Waals surface area contributed by atoms with Crippen LogP contribution >= 0.6 is 27.7 Å². The van der Waals surface area contributed by atoms with Crippen LogP contribution < -0.4 is 11.1 Å². The fourth-order valence-corrected chi connectivity index (χ4v) is 3.04. The van der Waals surface area contributed by atoms with Crippen LogP contribution in [0.5, 0.6) is 0 Å². The number of anilines is 1. The van der Waals surface area contributed by atoms with Gasteiger partial charge in [0, 0.05) is 33.3 Å². The van der Waals surface area contributed by atoms with Crippen molar-refractivity contribution < 1.29 is 4.79 Å². The highest BCUT2D eigenvalue weighted by Crippen LogP contribution is 2.29. The summed E-state index contributed by atoms with van der Waals surface area (Å²) in [5, 5.41) is 2.95. The molecule has 1 unspecified atom stereocenters. The molecule has 0 saturated carbocycles. The molecule has 2 rings (SSSR count). The molecule has 1 amide bonds. The van der Waals surface area contributed by atoms with Crippen molar-refractivity contribution in [1.82, 2.24) is 5.32 Å². The third-order valence-corrected chi connectivity index (χ3v) is 4.24. The van der Waals surface area contributed by atoms with Crippen molar-refractivity contribution in [1.29, 1.82) is 0 Å². The monoisotopic (exact) mass is 300 g/mol. The SMILES string of the molecule is Nc1cc(Br)ccc1SCC1CCC(=O)N1. The van der Waals surface area contributed by atoms with Crippen molar-refractivity contribution in [2.45, 2.75) is 23.8 Å². The molecule has 1 saturated heterocycles. The predicted molar refractivity (Wildman–Crippen MR) is 70.4 cm³/mol. The van der Waals surface area contributed by atoms with Crippen molar-refractivity contribution in [3.8, 4) is 0 Å². The third kappa shape index (κ3) is 2.92. The van der Waals surface area contributed by atoms with Crippen LogP contribution in [0.25, 0.3) is 0 Å². The van der Waals surface area contributed by atoms with Gasteiger partial charge in [-0.05, 0) is 24.6 Å². The number of benzene rings is 1. The normalized spacial score (nSPS) is 19.8. The molecule has 0 radical (unpaired) electrons. The Morgan fingerprint density at radius 2 is 2.38 bits per heavy atom. The van der Waals surface area contributed by atoms with Crippen LogP contribution in [0, 0.1) is 0 Å². The van der Waals surface area contributed by atoms with Gasteiger partial charge in [-0.1, -0.05) is 15.9 Å². The quantitative estimate of drug-likeness (QED) is 0.666. The number of halogens is 1. The van der Waals surface area contributed by atoms with Crippen LogP contribution in [-0.2, 0) is 4.79 Å². The maximum atomic E-state index is 11.0. The Morgan fingerprint density at radius 3 is 3.00 bits per heavy atom. The Morgan fingerprint density at radius 1 is 1.56 bits per heavy atom. The molecule has 86 valence electrons. The Bertz CT molecular complexity index is 411. The number of amides is 1. The minimum absolute atomic E-state index is 0.161. The lowest BCUT2D eigenvalue weighted by Crippen LogP contribution is -2.27. The number of nitrogens with one attached hydrogen (secondary N) is 1. The molecular weight excluding hydrogens is 288 g/mol. The highest BCUT2D eigenvalue weighted by atomic mass is 79.9. The van der Waals surface area contributed by atoms with Gasteiger partial charge in [0.1, 0.15) is 0 Å². The van der Waals surface area contributed by atoms with Crippen LogP contribution in [0.1, 0.15) is 12.8 Å². The molecule has 1 heterocycles. The Balaban J connectivity index is 1.92. The van der Waals surface area contributed by atoms with Crippen molar-refractivity contribution >= 4 is 39.3 Å². The summed E-state index contributed by atoms with van der Waals surface area (Å²) in [5.41, 5.74) is 6.68. The molecule has 16 heavy (non-hydrogen) atoms. The van der Waals surface area contributed by atoms with E-state index in [1.165, 1.54) is 0 Å². The molecule has 0 aromatic heterocycles. The Labute approximate surface area is 107 Å². The summed E-state index contributed by atoms with van der Waals surface area (Å²) in [6.07, 6.45) is 1.59. The van der Waals surface area contributed by atoms with Crippen LogP contribution in [0.2, 0.25) is 0 Å². The van der Waals surface area contributed by atoms with Gasteiger partial charge >= 0.3 is 0 Å². The minimum Gasteiger partial charge on any atom is -0.398 e. The van der Waals surface area contributed by atoms with Crippen molar-refractivity contribution in [2.24, 2.45) is 0 Å². The van der Waals surface area contributed by atoms with E-state index in [0.29, 0.717) is 12.5 Å². The first-order chi connectivity index (χ1) is 7.65. The van der Waals surface area contributed by atoms with E-state index >= 15 is 0 Å². The van der Waals surface area contributed by atoms with Gasteiger partial charge in [0.05, 0.1) is 0 Å². The summed E-state index contributed by atoms with van der Waals surface area (Å²) in [7, 11) is 0. The lowest BCUT2D eigenvalue weighted by atomic mass is 10.2. The Hall–Kier alpha value is -0.680. The summed E-state index contributed by atoms with van der Waals surface area (Å²) in [6, 6.07) is 6.17. The zero-order valence-electron chi connectivity index (χ0n) is 8.70. The van der Waals surface area contributed by atoms with Gasteiger partial charge < -0.3 is 11.1 Å². The predicted octanol–water partition coefficient (Wildman–Crippen LogP) is 2.40. The van der Waals surface area contributed by atoms with E-state index in [1.807, 2.05) is 18.2 Å². The maximum absolute atomic E-state index is 11.0. The van der Waals surface area contributed by atoms with Crippen LogP contribution in [0.15, 0.2) is 27.6 Å². The number of carbonyl (C=O) groups excluding carboxylic acids is 1. The van der Waals surface area contributed by atoms with E-state index in [0.717, 1.165) is 27.2 Å². The van der Waals surface area contributed by atoms with E-state index in [9.17, 15) is 4.79 Å². The van der Waals surface area contributed by atoms with Gasteiger partial charge in [0.15, 0.2) is 0 Å². The second kappa shape index (κ2) is 5.10. The van der Waals surface area contributed by atoms with Gasteiger partial charge in [-0.2, -0.15) is 0 Å². The first-order valence-electron chi connectivity index (χ1n) is 5.12. The lowest BCUT2D eigenvalue weighted by Gasteiger charge is -2.10. The average Bonchev–Trinajstić information content (AvgIpc) is 2.63. The molecule has 5 heteroatoms. The third-order valence-electron chi connectivity index (χ3n) is 2.50. The summed E-state index contributed by atoms with van der Waals surface area (Å²) >= 11 is 5.07. The molecule has 3 N–H and O–H groups in total. The molecule has 1 aromatic carbocycles. The second-order valence-electron chi connectivity index (χ2n) is 3.80. The number of nitrogens with two attached hydrogens (primary N) is 1. The van der Waals surface area contributed by atoms with Crippen molar-refractivity contribution in [2.75, 3.05) is 11.5 Å². The highest BCUT2D eigenvalue weighted by molar-refractivity contribution is 9.10.